The van der Waals surface area contributed by atoms with Gasteiger partial charge in [-0.25, -0.2) is 4.39 Å². The van der Waals surface area contributed by atoms with Crippen LogP contribution in [-0.2, 0) is 4.79 Å². The number of aliphatic carboxylic acids is 1. The summed E-state index contributed by atoms with van der Waals surface area (Å²) in [6, 6.07) is 6.48. The number of benzene rings is 1. The molecule has 0 saturated carbocycles. The van der Waals surface area contributed by atoms with Gasteiger partial charge in [-0.2, -0.15) is 0 Å². The Hall–Kier alpha value is -1.58. The van der Waals surface area contributed by atoms with Crippen molar-refractivity contribution in [3.63, 3.8) is 0 Å². The van der Waals surface area contributed by atoms with Crippen molar-refractivity contribution in [2.24, 2.45) is 5.41 Å². The topological polar surface area (TPSA) is 40.5 Å². The fourth-order valence-corrected chi connectivity index (χ4v) is 2.30. The van der Waals surface area contributed by atoms with Gasteiger partial charge in [-0.1, -0.05) is 25.5 Å². The van der Waals surface area contributed by atoms with Crippen molar-refractivity contribution in [2.45, 2.75) is 33.6 Å². The van der Waals surface area contributed by atoms with Crippen LogP contribution in [0.4, 0.5) is 10.1 Å². The van der Waals surface area contributed by atoms with E-state index in [0.29, 0.717) is 25.2 Å². The zero-order chi connectivity index (χ0) is 14.5. The Bertz CT molecular complexity index is 436. The van der Waals surface area contributed by atoms with Crippen LogP contribution in [0.15, 0.2) is 24.3 Å². The summed E-state index contributed by atoms with van der Waals surface area (Å²) in [5.41, 5.74) is -0.388. The number of para-hydroxylation sites is 1. The van der Waals surface area contributed by atoms with Gasteiger partial charge in [0.1, 0.15) is 5.82 Å². The van der Waals surface area contributed by atoms with Gasteiger partial charge < -0.3 is 10.0 Å². The normalized spacial score (nSPS) is 13.9. The summed E-state index contributed by atoms with van der Waals surface area (Å²) in [6.45, 7) is 6.48. The summed E-state index contributed by atoms with van der Waals surface area (Å²) < 4.78 is 13.8. The van der Waals surface area contributed by atoms with E-state index >= 15 is 0 Å². The highest BCUT2D eigenvalue weighted by molar-refractivity contribution is 5.75. The molecule has 0 radical (unpaired) electrons. The Morgan fingerprint density at radius 2 is 2.00 bits per heavy atom. The second-order valence-corrected chi connectivity index (χ2v) is 5.08. The molecule has 0 aliphatic carbocycles. The van der Waals surface area contributed by atoms with Crippen molar-refractivity contribution in [1.82, 2.24) is 0 Å². The van der Waals surface area contributed by atoms with Gasteiger partial charge in [-0.05, 0) is 32.4 Å². The van der Waals surface area contributed by atoms with E-state index in [9.17, 15) is 14.3 Å². The van der Waals surface area contributed by atoms with Crippen molar-refractivity contribution in [3.05, 3.63) is 30.1 Å². The standard InChI is InChI=1S/C15H22FNO2/c1-4-10-15(3,14(18)19)11-17(5-2)13-9-7-6-8-12(13)16/h6-9H,4-5,10-11H2,1-3H3,(H,18,19). The molecule has 0 aliphatic rings. The first-order chi connectivity index (χ1) is 8.94. The first-order valence-electron chi connectivity index (χ1n) is 6.67. The Morgan fingerprint density at radius 3 is 2.47 bits per heavy atom. The van der Waals surface area contributed by atoms with Gasteiger partial charge >= 0.3 is 5.97 Å². The summed E-state index contributed by atoms with van der Waals surface area (Å²) in [5, 5.41) is 9.40. The Morgan fingerprint density at radius 1 is 1.37 bits per heavy atom. The molecule has 0 aromatic heterocycles. The van der Waals surface area contributed by atoms with Crippen molar-refractivity contribution in [2.75, 3.05) is 18.0 Å². The van der Waals surface area contributed by atoms with Gasteiger partial charge in [-0.3, -0.25) is 4.79 Å². The lowest BCUT2D eigenvalue weighted by molar-refractivity contribution is -0.147. The van der Waals surface area contributed by atoms with Crippen LogP contribution >= 0.6 is 0 Å². The summed E-state index contributed by atoms with van der Waals surface area (Å²) in [5.74, 6) is -1.14. The number of hydrogen-bond donors (Lipinski definition) is 1. The lowest BCUT2D eigenvalue weighted by Gasteiger charge is -2.33. The van der Waals surface area contributed by atoms with Crippen molar-refractivity contribution in [1.29, 1.82) is 0 Å². The highest BCUT2D eigenvalue weighted by Crippen LogP contribution is 2.28. The highest BCUT2D eigenvalue weighted by atomic mass is 19.1. The monoisotopic (exact) mass is 267 g/mol. The summed E-state index contributed by atoms with van der Waals surface area (Å²) in [6.07, 6.45) is 1.37. The minimum Gasteiger partial charge on any atom is -0.481 e. The molecule has 1 N–H and O–H groups in total. The number of halogens is 1. The molecule has 1 unspecified atom stereocenters. The zero-order valence-electron chi connectivity index (χ0n) is 11.8. The predicted molar refractivity (Wildman–Crippen MR) is 74.9 cm³/mol. The third kappa shape index (κ3) is 3.69. The van der Waals surface area contributed by atoms with Crippen LogP contribution in [-0.4, -0.2) is 24.2 Å². The summed E-state index contributed by atoms with van der Waals surface area (Å²) in [7, 11) is 0. The molecule has 19 heavy (non-hydrogen) atoms. The van der Waals surface area contributed by atoms with Crippen molar-refractivity contribution in [3.8, 4) is 0 Å². The summed E-state index contributed by atoms with van der Waals surface area (Å²) in [4.78, 5) is 13.2. The van der Waals surface area contributed by atoms with E-state index in [1.165, 1.54) is 6.07 Å². The van der Waals surface area contributed by atoms with E-state index in [1.807, 2.05) is 13.8 Å². The number of nitrogens with zero attached hydrogens (tertiary/aromatic N) is 1. The summed E-state index contributed by atoms with van der Waals surface area (Å²) >= 11 is 0. The molecule has 106 valence electrons. The average Bonchev–Trinajstić information content (AvgIpc) is 2.37. The Labute approximate surface area is 114 Å². The van der Waals surface area contributed by atoms with Crippen molar-refractivity contribution < 1.29 is 14.3 Å². The molecule has 1 atom stereocenters. The molecule has 4 heteroatoms. The van der Waals surface area contributed by atoms with Gasteiger partial charge in [0.2, 0.25) is 0 Å². The highest BCUT2D eigenvalue weighted by Gasteiger charge is 2.34. The van der Waals surface area contributed by atoms with Crippen LogP contribution in [0.2, 0.25) is 0 Å². The first-order valence-corrected chi connectivity index (χ1v) is 6.67. The quantitative estimate of drug-likeness (QED) is 0.821. The van der Waals surface area contributed by atoms with E-state index in [4.69, 9.17) is 0 Å². The molecular weight excluding hydrogens is 245 g/mol. The molecule has 0 heterocycles. The minimum atomic E-state index is -0.854. The lowest BCUT2D eigenvalue weighted by Crippen LogP contribution is -2.41. The predicted octanol–water partition coefficient (Wildman–Crippen LogP) is 3.54. The maximum atomic E-state index is 13.8. The first kappa shape index (κ1) is 15.5. The van der Waals surface area contributed by atoms with Crippen LogP contribution in [0.3, 0.4) is 0 Å². The number of carboxylic acid groups (broad SMARTS) is 1. The number of anilines is 1. The van der Waals surface area contributed by atoms with E-state index < -0.39 is 11.4 Å². The molecule has 0 aliphatic heterocycles. The van der Waals surface area contributed by atoms with Gasteiger partial charge in [0.05, 0.1) is 11.1 Å². The molecule has 0 saturated heterocycles. The van der Waals surface area contributed by atoms with Crippen LogP contribution in [0, 0.1) is 11.2 Å². The number of carbonyl (C=O) groups is 1. The molecule has 0 fully saturated rings. The fourth-order valence-electron chi connectivity index (χ4n) is 2.30. The molecular formula is C15H22FNO2. The third-order valence-electron chi connectivity index (χ3n) is 3.43. The molecule has 1 aromatic carbocycles. The Balaban J connectivity index is 2.98. The minimum absolute atomic E-state index is 0.311. The molecule has 0 amide bonds. The van der Waals surface area contributed by atoms with Crippen LogP contribution in [0.5, 0.6) is 0 Å². The Kier molecular flexibility index (Phi) is 5.33. The lowest BCUT2D eigenvalue weighted by atomic mass is 9.85. The zero-order valence-corrected chi connectivity index (χ0v) is 11.8. The number of hydrogen-bond acceptors (Lipinski definition) is 2. The molecule has 0 bridgehead atoms. The van der Waals surface area contributed by atoms with Gasteiger partial charge in [0, 0.05) is 13.1 Å². The van der Waals surface area contributed by atoms with Crippen LogP contribution < -0.4 is 4.90 Å². The van der Waals surface area contributed by atoms with Gasteiger partial charge in [-0.15, -0.1) is 0 Å². The number of rotatable bonds is 7. The average molecular weight is 267 g/mol. The van der Waals surface area contributed by atoms with E-state index in [2.05, 4.69) is 0 Å². The largest absolute Gasteiger partial charge is 0.481 e. The van der Waals surface area contributed by atoms with E-state index in [-0.39, 0.29) is 5.82 Å². The second-order valence-electron chi connectivity index (χ2n) is 5.08. The maximum absolute atomic E-state index is 13.8. The van der Waals surface area contributed by atoms with Crippen LogP contribution in [0.1, 0.15) is 33.6 Å². The molecule has 1 rings (SSSR count). The van der Waals surface area contributed by atoms with E-state index in [0.717, 1.165) is 6.42 Å². The van der Waals surface area contributed by atoms with Crippen LogP contribution in [0.25, 0.3) is 0 Å². The molecule has 1 aromatic rings. The van der Waals surface area contributed by atoms with E-state index in [1.54, 1.807) is 30.0 Å². The number of carboxylic acids is 1. The molecule has 3 nitrogen and oxygen atoms in total. The third-order valence-corrected chi connectivity index (χ3v) is 3.43. The smallest absolute Gasteiger partial charge is 0.311 e. The maximum Gasteiger partial charge on any atom is 0.311 e. The SMILES string of the molecule is CCCC(C)(CN(CC)c1ccccc1F)C(=O)O. The second kappa shape index (κ2) is 6.55. The fraction of sp³-hybridized carbons (Fsp3) is 0.533. The molecule has 0 spiro atoms. The van der Waals surface area contributed by atoms with Crippen molar-refractivity contribution >= 4 is 11.7 Å². The van der Waals surface area contributed by atoms with Gasteiger partial charge in [0.25, 0.3) is 0 Å². The van der Waals surface area contributed by atoms with Gasteiger partial charge in [0.15, 0.2) is 0 Å².